The smallest absolute Gasteiger partial charge is 0.399 e. The minimum Gasteiger partial charge on any atom is -0.478 e. The first-order chi connectivity index (χ1) is 20.8. The average Bonchev–Trinajstić information content (AvgIpc) is 3.37. The van der Waals surface area contributed by atoms with Gasteiger partial charge in [0.1, 0.15) is 16.5 Å². The van der Waals surface area contributed by atoms with Gasteiger partial charge >= 0.3 is 19.2 Å². The van der Waals surface area contributed by atoms with E-state index in [0.29, 0.717) is 48.2 Å². The van der Waals surface area contributed by atoms with Gasteiger partial charge in [-0.1, -0.05) is 77.0 Å². The Hall–Kier alpha value is -3.90. The number of hydrogen-bond acceptors (Lipinski definition) is 6. The summed E-state index contributed by atoms with van der Waals surface area (Å²) in [4.78, 5) is 34.5. The number of hydrogen-bond donors (Lipinski definition) is 3. The van der Waals surface area contributed by atoms with Crippen molar-refractivity contribution in [3.8, 4) is 22.1 Å². The Morgan fingerprint density at radius 3 is 2.30 bits per heavy atom. The molecule has 0 aliphatic rings. The van der Waals surface area contributed by atoms with Crippen LogP contribution in [0.1, 0.15) is 21.5 Å². The van der Waals surface area contributed by atoms with Gasteiger partial charge in [-0.25, -0.2) is 14.5 Å². The van der Waals surface area contributed by atoms with Crippen LogP contribution in [0.15, 0.2) is 96.0 Å². The van der Waals surface area contributed by atoms with Crippen molar-refractivity contribution in [1.82, 2.24) is 9.78 Å². The Morgan fingerprint density at radius 2 is 1.64 bits per heavy atom. The third kappa shape index (κ3) is 7.07. The Balaban J connectivity index is 1.51. The number of aromatic carboxylic acids is 1. The molecule has 1 aromatic heterocycles. The molecular formula is C29H20Cl2F2N3O6PS. The zero-order valence-electron chi connectivity index (χ0n) is 22.1. The molecule has 0 unspecified atom stereocenters. The molecule has 44 heavy (non-hydrogen) atoms. The second kappa shape index (κ2) is 12.6. The number of carboxylic acid groups (broad SMARTS) is 1. The highest BCUT2D eigenvalue weighted by molar-refractivity contribution is 7.52. The summed E-state index contributed by atoms with van der Waals surface area (Å²) in [5.74, 6) is -0.324. The van der Waals surface area contributed by atoms with E-state index in [1.54, 1.807) is 59.3 Å². The molecule has 0 spiro atoms. The molecule has 0 saturated carbocycles. The SMILES string of the molecule is O=C(O)c1cccc(Oc2cccc(-c3nn(Cc4ccc(C(F)(F)P(=O)(O)O)cc4)/c(=N\c4ccc(Cl)c(Cl)c4)s3)c2)c1. The third-order valence-electron chi connectivity index (χ3n) is 6.15. The summed E-state index contributed by atoms with van der Waals surface area (Å²) in [6, 6.07) is 22.4. The number of aromatic nitrogens is 2. The fraction of sp³-hybridized carbons (Fsp3) is 0.0690. The summed E-state index contributed by atoms with van der Waals surface area (Å²) >= 11 is 13.4. The minimum atomic E-state index is -5.71. The molecule has 0 fully saturated rings. The number of benzene rings is 4. The molecule has 0 atom stereocenters. The summed E-state index contributed by atoms with van der Waals surface area (Å²) in [6.07, 6.45) is 0. The van der Waals surface area contributed by atoms with Gasteiger partial charge in [-0.3, -0.25) is 4.57 Å². The number of halogens is 4. The molecule has 0 amide bonds. The van der Waals surface area contributed by atoms with Gasteiger partial charge in [-0.05, 0) is 54.1 Å². The first-order valence-corrected chi connectivity index (χ1v) is 15.7. The Kier molecular flexibility index (Phi) is 9.03. The van der Waals surface area contributed by atoms with E-state index in [2.05, 4.69) is 10.1 Å². The monoisotopic (exact) mass is 677 g/mol. The van der Waals surface area contributed by atoms with E-state index in [4.69, 9.17) is 37.7 Å². The lowest BCUT2D eigenvalue weighted by atomic mass is 10.1. The molecule has 0 radical (unpaired) electrons. The maximum atomic E-state index is 14.2. The maximum absolute atomic E-state index is 14.2. The predicted molar refractivity (Wildman–Crippen MR) is 162 cm³/mol. The molecule has 1 heterocycles. The van der Waals surface area contributed by atoms with Crippen molar-refractivity contribution < 1.29 is 37.8 Å². The van der Waals surface area contributed by atoms with Crippen LogP contribution in [0, 0.1) is 0 Å². The average molecular weight is 678 g/mol. The van der Waals surface area contributed by atoms with Crippen LogP contribution in [0.4, 0.5) is 14.5 Å². The van der Waals surface area contributed by atoms with Gasteiger partial charge in [0, 0.05) is 11.1 Å². The predicted octanol–water partition coefficient (Wildman–Crippen LogP) is 7.92. The Labute approximate surface area is 262 Å². The lowest BCUT2D eigenvalue weighted by Gasteiger charge is -2.18. The molecule has 9 nitrogen and oxygen atoms in total. The molecule has 15 heteroatoms. The fourth-order valence-corrected chi connectivity index (χ4v) is 5.65. The van der Waals surface area contributed by atoms with Crippen LogP contribution < -0.4 is 9.54 Å². The van der Waals surface area contributed by atoms with Crippen LogP contribution >= 0.6 is 42.1 Å². The van der Waals surface area contributed by atoms with E-state index in [1.165, 1.54) is 35.6 Å². The van der Waals surface area contributed by atoms with E-state index >= 15 is 0 Å². The molecule has 0 aliphatic heterocycles. The largest absolute Gasteiger partial charge is 0.478 e. The molecule has 3 N–H and O–H groups in total. The fourth-order valence-electron chi connectivity index (χ4n) is 3.95. The lowest BCUT2D eigenvalue weighted by Crippen LogP contribution is -2.17. The first kappa shape index (κ1) is 31.5. The van der Waals surface area contributed by atoms with E-state index in [0.717, 1.165) is 12.1 Å². The molecule has 5 aromatic rings. The highest BCUT2D eigenvalue weighted by atomic mass is 35.5. The van der Waals surface area contributed by atoms with Gasteiger partial charge < -0.3 is 19.6 Å². The number of carboxylic acids is 1. The van der Waals surface area contributed by atoms with Crippen LogP contribution in [0.25, 0.3) is 10.6 Å². The first-order valence-electron chi connectivity index (χ1n) is 12.5. The standard InChI is InChI=1S/C29H20Cl2F2N3O6PS/c30-24-12-11-21(15-25(24)31)34-28-36(16-17-7-9-20(10-8-17)29(32,33)43(39,40)41)35-26(44-28)18-3-1-5-22(13-18)42-23-6-2-4-19(14-23)27(37)38/h1-15H,16H2,(H,37,38)(H2,39,40,41)/b34-28+. The molecule has 226 valence electrons. The van der Waals surface area contributed by atoms with Gasteiger partial charge in [0.25, 0.3) is 0 Å². The van der Waals surface area contributed by atoms with Crippen molar-refractivity contribution >= 4 is 53.8 Å². The second-order valence-electron chi connectivity index (χ2n) is 9.30. The Morgan fingerprint density at radius 1 is 0.955 bits per heavy atom. The number of rotatable bonds is 9. The van der Waals surface area contributed by atoms with Crippen LogP contribution in [0.2, 0.25) is 10.0 Å². The van der Waals surface area contributed by atoms with E-state index in [-0.39, 0.29) is 12.1 Å². The molecule has 0 bridgehead atoms. The zero-order chi connectivity index (χ0) is 31.6. The molecule has 5 rings (SSSR count). The van der Waals surface area contributed by atoms with Crippen molar-refractivity contribution in [3.05, 3.63) is 123 Å². The van der Waals surface area contributed by atoms with Crippen molar-refractivity contribution in [2.45, 2.75) is 12.2 Å². The summed E-state index contributed by atoms with van der Waals surface area (Å²) in [6.45, 7) is 0.0799. The number of carbonyl (C=O) groups is 1. The van der Waals surface area contributed by atoms with Gasteiger partial charge in [0.2, 0.25) is 4.80 Å². The zero-order valence-corrected chi connectivity index (χ0v) is 25.4. The van der Waals surface area contributed by atoms with Gasteiger partial charge in [-0.2, -0.15) is 13.9 Å². The lowest BCUT2D eigenvalue weighted by molar-refractivity contribution is 0.0564. The highest BCUT2D eigenvalue weighted by Crippen LogP contribution is 2.59. The topological polar surface area (TPSA) is 134 Å². The summed E-state index contributed by atoms with van der Waals surface area (Å²) in [5.41, 5.74) is -3.42. The normalized spacial score (nSPS) is 12.4. The number of nitrogens with zero attached hydrogens (tertiary/aromatic N) is 3. The van der Waals surface area contributed by atoms with Crippen LogP contribution in [0.5, 0.6) is 11.5 Å². The molecule has 4 aromatic carbocycles. The summed E-state index contributed by atoms with van der Waals surface area (Å²) < 4.78 is 47.0. The summed E-state index contributed by atoms with van der Waals surface area (Å²) in [5, 5.41) is 15.1. The van der Waals surface area contributed by atoms with Crippen molar-refractivity contribution in [2.75, 3.05) is 0 Å². The van der Waals surface area contributed by atoms with Crippen molar-refractivity contribution in [1.29, 1.82) is 0 Å². The van der Waals surface area contributed by atoms with Gasteiger partial charge in [0.15, 0.2) is 0 Å². The summed E-state index contributed by atoms with van der Waals surface area (Å²) in [7, 11) is -5.71. The Bertz CT molecular complexity index is 1980. The molecular weight excluding hydrogens is 658 g/mol. The van der Waals surface area contributed by atoms with Crippen LogP contribution in [-0.4, -0.2) is 30.6 Å². The molecule has 0 aliphatic carbocycles. The van der Waals surface area contributed by atoms with E-state index in [9.17, 15) is 23.2 Å². The number of ether oxygens (including phenoxy) is 1. The van der Waals surface area contributed by atoms with Gasteiger partial charge in [0.05, 0.1) is 27.8 Å². The third-order valence-corrected chi connectivity index (χ3v) is 8.87. The number of alkyl halides is 2. The second-order valence-corrected chi connectivity index (χ2v) is 12.7. The quantitative estimate of drug-likeness (QED) is 0.135. The van der Waals surface area contributed by atoms with Gasteiger partial charge in [-0.15, -0.1) is 0 Å². The van der Waals surface area contributed by atoms with Crippen LogP contribution in [-0.2, 0) is 16.8 Å². The van der Waals surface area contributed by atoms with Crippen molar-refractivity contribution in [2.24, 2.45) is 4.99 Å². The van der Waals surface area contributed by atoms with E-state index in [1.807, 2.05) is 0 Å². The minimum absolute atomic E-state index is 0.0756. The van der Waals surface area contributed by atoms with E-state index < -0.39 is 24.8 Å². The maximum Gasteiger partial charge on any atom is 0.399 e. The van der Waals surface area contributed by atoms with Crippen molar-refractivity contribution in [3.63, 3.8) is 0 Å². The molecule has 0 saturated heterocycles. The highest BCUT2D eigenvalue weighted by Gasteiger charge is 2.50. The van der Waals surface area contributed by atoms with Crippen LogP contribution in [0.3, 0.4) is 0 Å².